The third kappa shape index (κ3) is 3.25. The first-order chi connectivity index (χ1) is 8.91. The second-order valence-electron chi connectivity index (χ2n) is 4.67. The first kappa shape index (κ1) is 13.9. The maximum atomic E-state index is 11.5. The molecular weight excluding hydrogens is 266 g/mol. The van der Waals surface area contributed by atoms with E-state index in [9.17, 15) is 8.42 Å². The van der Waals surface area contributed by atoms with Gasteiger partial charge in [-0.1, -0.05) is 0 Å². The van der Waals surface area contributed by atoms with Crippen molar-refractivity contribution < 1.29 is 8.42 Å². The van der Waals surface area contributed by atoms with Gasteiger partial charge in [-0.2, -0.15) is 9.97 Å². The fourth-order valence-corrected chi connectivity index (χ4v) is 3.95. The Labute approximate surface area is 113 Å². The summed E-state index contributed by atoms with van der Waals surface area (Å²) in [6.07, 6.45) is 0.624. The number of hydrogen-bond acceptors (Lipinski definition) is 7. The van der Waals surface area contributed by atoms with E-state index in [0.717, 1.165) is 6.54 Å². The van der Waals surface area contributed by atoms with Crippen LogP contribution in [0.25, 0.3) is 0 Å². The number of sulfone groups is 1. The van der Waals surface area contributed by atoms with E-state index in [4.69, 9.17) is 5.73 Å². The van der Waals surface area contributed by atoms with E-state index in [1.54, 1.807) is 6.07 Å². The number of anilines is 3. The molecule has 0 spiro atoms. The lowest BCUT2D eigenvalue weighted by atomic mass is 10.2. The molecule has 1 aromatic heterocycles. The van der Waals surface area contributed by atoms with Crippen LogP contribution in [0.4, 0.5) is 17.6 Å². The van der Waals surface area contributed by atoms with Crippen molar-refractivity contribution in [3.63, 3.8) is 0 Å². The molecule has 0 aliphatic carbocycles. The van der Waals surface area contributed by atoms with Crippen molar-refractivity contribution in [2.45, 2.75) is 19.4 Å². The van der Waals surface area contributed by atoms with Gasteiger partial charge in [0, 0.05) is 25.7 Å². The molecule has 1 aliphatic rings. The second-order valence-corrected chi connectivity index (χ2v) is 6.90. The highest BCUT2D eigenvalue weighted by atomic mass is 32.2. The molecule has 19 heavy (non-hydrogen) atoms. The Morgan fingerprint density at radius 1 is 1.53 bits per heavy atom. The summed E-state index contributed by atoms with van der Waals surface area (Å²) in [5.41, 5.74) is 5.67. The van der Waals surface area contributed by atoms with E-state index in [1.807, 2.05) is 18.9 Å². The predicted octanol–water partition coefficient (Wildman–Crippen LogP) is 0.114. The second kappa shape index (κ2) is 5.20. The van der Waals surface area contributed by atoms with Crippen molar-refractivity contribution in [1.29, 1.82) is 0 Å². The zero-order chi connectivity index (χ0) is 14.0. The molecule has 1 fully saturated rings. The molecule has 2 heterocycles. The molecule has 0 aromatic carbocycles. The topological polar surface area (TPSA) is 101 Å². The molecule has 106 valence electrons. The molecule has 0 bridgehead atoms. The summed E-state index contributed by atoms with van der Waals surface area (Å²) < 4.78 is 23.0. The molecular formula is C11H19N5O2S. The van der Waals surface area contributed by atoms with Crippen LogP contribution >= 0.6 is 0 Å². The van der Waals surface area contributed by atoms with Crippen LogP contribution in [0.5, 0.6) is 0 Å². The van der Waals surface area contributed by atoms with Gasteiger partial charge < -0.3 is 16.0 Å². The minimum atomic E-state index is -2.91. The van der Waals surface area contributed by atoms with E-state index >= 15 is 0 Å². The smallest absolute Gasteiger partial charge is 0.223 e. The zero-order valence-corrected chi connectivity index (χ0v) is 11.9. The van der Waals surface area contributed by atoms with Gasteiger partial charge in [-0.3, -0.25) is 0 Å². The van der Waals surface area contributed by atoms with Crippen molar-refractivity contribution in [3.8, 4) is 0 Å². The van der Waals surface area contributed by atoms with E-state index in [0.29, 0.717) is 18.1 Å². The van der Waals surface area contributed by atoms with E-state index < -0.39 is 9.84 Å². The van der Waals surface area contributed by atoms with Crippen molar-refractivity contribution in [1.82, 2.24) is 9.97 Å². The van der Waals surface area contributed by atoms with E-state index in [1.165, 1.54) is 0 Å². The molecule has 0 saturated carbocycles. The van der Waals surface area contributed by atoms with E-state index in [-0.39, 0.29) is 23.5 Å². The molecule has 7 nitrogen and oxygen atoms in total. The third-order valence-electron chi connectivity index (χ3n) is 3.21. The molecule has 2 rings (SSSR count). The zero-order valence-electron chi connectivity index (χ0n) is 11.1. The number of nitrogens with two attached hydrogens (primary N) is 1. The molecule has 0 radical (unpaired) electrons. The van der Waals surface area contributed by atoms with Crippen LogP contribution in [0.2, 0.25) is 0 Å². The molecule has 1 aliphatic heterocycles. The van der Waals surface area contributed by atoms with Gasteiger partial charge in [0.1, 0.15) is 11.6 Å². The standard InChI is InChI=1S/C11H19N5O2S/c1-3-13-9-6-10(15-11(12)14-9)16(2)8-4-5-19(17,18)7-8/h6,8H,3-5,7H2,1-2H3,(H3,12,13,14,15). The van der Waals surface area contributed by atoms with Gasteiger partial charge in [0.05, 0.1) is 11.5 Å². The Morgan fingerprint density at radius 2 is 2.26 bits per heavy atom. The highest BCUT2D eigenvalue weighted by Crippen LogP contribution is 2.23. The lowest BCUT2D eigenvalue weighted by Gasteiger charge is -2.24. The van der Waals surface area contributed by atoms with Crippen molar-refractivity contribution in [2.24, 2.45) is 0 Å². The van der Waals surface area contributed by atoms with Crippen LogP contribution in [0.1, 0.15) is 13.3 Å². The summed E-state index contributed by atoms with van der Waals surface area (Å²) in [5, 5.41) is 3.07. The Kier molecular flexibility index (Phi) is 3.79. The predicted molar refractivity (Wildman–Crippen MR) is 76.1 cm³/mol. The Balaban J connectivity index is 2.21. The first-order valence-corrected chi connectivity index (χ1v) is 8.05. The number of rotatable bonds is 4. The summed E-state index contributed by atoms with van der Waals surface area (Å²) in [7, 11) is -1.07. The maximum absolute atomic E-state index is 11.5. The maximum Gasteiger partial charge on any atom is 0.223 e. The average Bonchev–Trinajstić information content (AvgIpc) is 2.68. The van der Waals surface area contributed by atoms with Crippen LogP contribution in [0.15, 0.2) is 6.07 Å². The van der Waals surface area contributed by atoms with Gasteiger partial charge >= 0.3 is 0 Å². The van der Waals surface area contributed by atoms with Crippen LogP contribution in [-0.2, 0) is 9.84 Å². The molecule has 3 N–H and O–H groups in total. The van der Waals surface area contributed by atoms with Gasteiger partial charge in [0.25, 0.3) is 0 Å². The monoisotopic (exact) mass is 285 g/mol. The van der Waals surface area contributed by atoms with Crippen molar-refractivity contribution >= 4 is 27.4 Å². The van der Waals surface area contributed by atoms with Gasteiger partial charge in [0.2, 0.25) is 5.95 Å². The molecule has 1 unspecified atom stereocenters. The summed E-state index contributed by atoms with van der Waals surface area (Å²) >= 11 is 0. The normalized spacial score (nSPS) is 21.3. The minimum Gasteiger partial charge on any atom is -0.370 e. The summed E-state index contributed by atoms with van der Waals surface area (Å²) in [6.45, 7) is 2.70. The average molecular weight is 285 g/mol. The quantitative estimate of drug-likeness (QED) is 0.809. The molecule has 8 heteroatoms. The van der Waals surface area contributed by atoms with Gasteiger partial charge in [-0.15, -0.1) is 0 Å². The lowest BCUT2D eigenvalue weighted by Crippen LogP contribution is -2.33. The van der Waals surface area contributed by atoms with Gasteiger partial charge in [-0.05, 0) is 13.3 Å². The highest BCUT2D eigenvalue weighted by Gasteiger charge is 2.31. The number of nitrogens with zero attached hydrogens (tertiary/aromatic N) is 3. The SMILES string of the molecule is CCNc1cc(N(C)C2CCS(=O)(=O)C2)nc(N)n1. The molecule has 1 aromatic rings. The molecule has 1 saturated heterocycles. The van der Waals surface area contributed by atoms with Crippen LogP contribution < -0.4 is 16.0 Å². The Hall–Kier alpha value is -1.57. The first-order valence-electron chi connectivity index (χ1n) is 6.23. The highest BCUT2D eigenvalue weighted by molar-refractivity contribution is 7.91. The molecule has 0 amide bonds. The van der Waals surface area contributed by atoms with Crippen LogP contribution in [0, 0.1) is 0 Å². The fourth-order valence-electron chi connectivity index (χ4n) is 2.17. The van der Waals surface area contributed by atoms with Crippen molar-refractivity contribution in [2.75, 3.05) is 41.0 Å². The van der Waals surface area contributed by atoms with Crippen LogP contribution in [-0.4, -0.2) is 49.5 Å². The number of hydrogen-bond donors (Lipinski definition) is 2. The number of nitrogens with one attached hydrogen (secondary N) is 1. The Bertz CT molecular complexity index is 560. The number of aromatic nitrogens is 2. The van der Waals surface area contributed by atoms with Crippen molar-refractivity contribution in [3.05, 3.63) is 6.07 Å². The molecule has 1 atom stereocenters. The minimum absolute atomic E-state index is 0.0474. The van der Waals surface area contributed by atoms with Gasteiger partial charge in [-0.25, -0.2) is 8.42 Å². The Morgan fingerprint density at radius 3 is 2.84 bits per heavy atom. The summed E-state index contributed by atoms with van der Waals surface area (Å²) in [6, 6.07) is 1.74. The van der Waals surface area contributed by atoms with Gasteiger partial charge in [0.15, 0.2) is 9.84 Å². The third-order valence-corrected chi connectivity index (χ3v) is 4.96. The lowest BCUT2D eigenvalue weighted by molar-refractivity contribution is 0.600. The van der Waals surface area contributed by atoms with Crippen LogP contribution in [0.3, 0.4) is 0 Å². The number of nitrogen functional groups attached to an aromatic ring is 1. The largest absolute Gasteiger partial charge is 0.370 e. The summed E-state index contributed by atoms with van der Waals surface area (Å²) in [5.74, 6) is 1.89. The van der Waals surface area contributed by atoms with E-state index in [2.05, 4.69) is 15.3 Å². The summed E-state index contributed by atoms with van der Waals surface area (Å²) in [4.78, 5) is 10.1. The fraction of sp³-hybridized carbons (Fsp3) is 0.636.